The van der Waals surface area contributed by atoms with Crippen LogP contribution < -0.4 is 4.72 Å². The van der Waals surface area contributed by atoms with E-state index in [0.717, 1.165) is 30.4 Å². The van der Waals surface area contributed by atoms with E-state index < -0.39 is 10.0 Å². The molecule has 1 atom stereocenters. The van der Waals surface area contributed by atoms with E-state index in [1.165, 1.54) is 17.7 Å². The average molecular weight is 436 g/mol. The van der Waals surface area contributed by atoms with Crippen molar-refractivity contribution in [1.82, 2.24) is 4.72 Å². The van der Waals surface area contributed by atoms with Crippen LogP contribution in [0.15, 0.2) is 47.4 Å². The van der Waals surface area contributed by atoms with Gasteiger partial charge in [0.2, 0.25) is 10.0 Å². The van der Waals surface area contributed by atoms with Crippen molar-refractivity contribution in [2.24, 2.45) is 5.92 Å². The molecular formula is C22H26ClNO4S. The van der Waals surface area contributed by atoms with E-state index >= 15 is 0 Å². The van der Waals surface area contributed by atoms with Gasteiger partial charge in [-0.05, 0) is 73.6 Å². The molecule has 1 N–H and O–H groups in total. The monoisotopic (exact) mass is 435 g/mol. The number of benzene rings is 2. The van der Waals surface area contributed by atoms with Gasteiger partial charge in [0, 0.05) is 36.8 Å². The van der Waals surface area contributed by atoms with Gasteiger partial charge in [-0.1, -0.05) is 23.7 Å². The number of fused-ring (bicyclic) bond motifs is 1. The Morgan fingerprint density at radius 3 is 2.59 bits per heavy atom. The fourth-order valence-corrected chi connectivity index (χ4v) is 4.82. The van der Waals surface area contributed by atoms with Crippen LogP contribution >= 0.6 is 11.6 Å². The Hall–Kier alpha value is -1.73. The molecule has 7 heteroatoms. The molecule has 0 aliphatic heterocycles. The van der Waals surface area contributed by atoms with Crippen LogP contribution in [0.4, 0.5) is 0 Å². The molecule has 156 valence electrons. The van der Waals surface area contributed by atoms with E-state index in [1.807, 2.05) is 25.1 Å². The molecule has 3 rings (SSSR count). The van der Waals surface area contributed by atoms with Gasteiger partial charge >= 0.3 is 0 Å². The first-order valence-corrected chi connectivity index (χ1v) is 11.7. The molecule has 0 bridgehead atoms. The summed E-state index contributed by atoms with van der Waals surface area (Å²) in [5.74, 6) is 0.301. The van der Waals surface area contributed by atoms with E-state index in [0.29, 0.717) is 31.2 Å². The van der Waals surface area contributed by atoms with E-state index in [1.54, 1.807) is 12.1 Å². The minimum Gasteiger partial charge on any atom is -0.382 e. The van der Waals surface area contributed by atoms with E-state index in [9.17, 15) is 13.2 Å². The molecule has 5 nitrogen and oxygen atoms in total. The first-order valence-electron chi connectivity index (χ1n) is 9.87. The quantitative estimate of drug-likeness (QED) is 0.451. The van der Waals surface area contributed by atoms with Gasteiger partial charge in [-0.15, -0.1) is 0 Å². The Kier molecular flexibility index (Phi) is 7.46. The highest BCUT2D eigenvalue weighted by molar-refractivity contribution is 7.89. The SMILES string of the molecule is CCOCCCC(=O)c1ccc2c(c1)CC(CNS(=O)(=O)c1ccc(Cl)cc1)C2. The molecule has 0 saturated carbocycles. The van der Waals surface area contributed by atoms with Crippen LogP contribution in [0.1, 0.15) is 41.3 Å². The Labute approximate surface area is 177 Å². The molecule has 1 aliphatic rings. The summed E-state index contributed by atoms with van der Waals surface area (Å²) in [4.78, 5) is 12.6. The smallest absolute Gasteiger partial charge is 0.240 e. The first-order chi connectivity index (χ1) is 13.9. The fourth-order valence-electron chi connectivity index (χ4n) is 3.58. The van der Waals surface area contributed by atoms with Crippen molar-refractivity contribution < 1.29 is 17.9 Å². The summed E-state index contributed by atoms with van der Waals surface area (Å²) < 4.78 is 32.9. The van der Waals surface area contributed by atoms with Crippen LogP contribution in [0, 0.1) is 5.92 Å². The van der Waals surface area contributed by atoms with Crippen LogP contribution in [0.5, 0.6) is 0 Å². The topological polar surface area (TPSA) is 72.5 Å². The standard InChI is InChI=1S/C22H26ClNO4S/c1-2-28-11-3-4-22(25)18-6-5-17-12-16(13-19(17)14-18)15-24-29(26,27)21-9-7-20(23)8-10-21/h5-10,14,16,24H,2-4,11-13,15H2,1H3. The van der Waals surface area contributed by atoms with Crippen molar-refractivity contribution in [2.45, 2.75) is 37.5 Å². The van der Waals surface area contributed by atoms with Crippen LogP contribution in [0.25, 0.3) is 0 Å². The van der Waals surface area contributed by atoms with Crippen LogP contribution in [0.3, 0.4) is 0 Å². The number of sulfonamides is 1. The lowest BCUT2D eigenvalue weighted by Gasteiger charge is -2.11. The highest BCUT2D eigenvalue weighted by Gasteiger charge is 2.24. The third-order valence-electron chi connectivity index (χ3n) is 5.13. The molecule has 1 aliphatic carbocycles. The number of hydrogen-bond acceptors (Lipinski definition) is 4. The number of ether oxygens (including phenoxy) is 1. The molecule has 0 aromatic heterocycles. The molecule has 0 spiro atoms. The van der Waals surface area contributed by atoms with Gasteiger partial charge in [-0.2, -0.15) is 0 Å². The molecule has 0 fully saturated rings. The maximum atomic E-state index is 12.5. The van der Waals surface area contributed by atoms with Gasteiger partial charge < -0.3 is 4.74 Å². The zero-order chi connectivity index (χ0) is 20.9. The largest absolute Gasteiger partial charge is 0.382 e. The molecule has 0 amide bonds. The van der Waals surface area contributed by atoms with Crippen molar-refractivity contribution in [3.8, 4) is 0 Å². The number of carbonyl (C=O) groups is 1. The summed E-state index contributed by atoms with van der Waals surface area (Å²) >= 11 is 5.83. The number of ketones is 1. The lowest BCUT2D eigenvalue weighted by atomic mass is 10.0. The number of halogens is 1. The lowest BCUT2D eigenvalue weighted by molar-refractivity contribution is 0.0947. The van der Waals surface area contributed by atoms with Crippen molar-refractivity contribution in [3.05, 3.63) is 64.2 Å². The maximum absolute atomic E-state index is 12.5. The first kappa shape index (κ1) is 22.0. The van der Waals surface area contributed by atoms with Crippen LogP contribution in [0.2, 0.25) is 5.02 Å². The molecule has 0 saturated heterocycles. The third-order valence-corrected chi connectivity index (χ3v) is 6.82. The predicted molar refractivity (Wildman–Crippen MR) is 114 cm³/mol. The number of hydrogen-bond donors (Lipinski definition) is 1. The summed E-state index contributed by atoms with van der Waals surface area (Å²) in [7, 11) is -3.56. The summed E-state index contributed by atoms with van der Waals surface area (Å²) in [6.07, 6.45) is 2.76. The fraction of sp³-hybridized carbons (Fsp3) is 0.409. The Bertz CT molecular complexity index is 957. The lowest BCUT2D eigenvalue weighted by Crippen LogP contribution is -2.29. The number of nitrogens with one attached hydrogen (secondary N) is 1. The van der Waals surface area contributed by atoms with Gasteiger partial charge in [-0.25, -0.2) is 13.1 Å². The molecule has 29 heavy (non-hydrogen) atoms. The Balaban J connectivity index is 1.56. The van der Waals surface area contributed by atoms with Crippen molar-refractivity contribution in [1.29, 1.82) is 0 Å². The number of carbonyl (C=O) groups excluding carboxylic acids is 1. The summed E-state index contributed by atoms with van der Waals surface area (Å²) in [5.41, 5.74) is 3.05. The van der Waals surface area contributed by atoms with Crippen molar-refractivity contribution in [2.75, 3.05) is 19.8 Å². The second kappa shape index (κ2) is 9.85. The molecule has 0 heterocycles. The van der Waals surface area contributed by atoms with E-state index in [-0.39, 0.29) is 16.6 Å². The average Bonchev–Trinajstić information content (AvgIpc) is 3.12. The molecule has 2 aromatic carbocycles. The zero-order valence-corrected chi connectivity index (χ0v) is 18.1. The highest BCUT2D eigenvalue weighted by atomic mass is 35.5. The van der Waals surface area contributed by atoms with Gasteiger partial charge in [0.25, 0.3) is 0 Å². The molecule has 1 unspecified atom stereocenters. The minimum absolute atomic E-state index is 0.124. The number of Topliss-reactive ketones (excluding diaryl/α,β-unsaturated/α-hetero) is 1. The van der Waals surface area contributed by atoms with Crippen LogP contribution in [-0.2, 0) is 27.6 Å². The second-order valence-corrected chi connectivity index (χ2v) is 9.49. The normalized spacial score (nSPS) is 16.0. The van der Waals surface area contributed by atoms with E-state index in [4.69, 9.17) is 16.3 Å². The van der Waals surface area contributed by atoms with Gasteiger partial charge in [0.15, 0.2) is 5.78 Å². The number of rotatable bonds is 10. The third kappa shape index (κ3) is 5.89. The zero-order valence-electron chi connectivity index (χ0n) is 16.5. The maximum Gasteiger partial charge on any atom is 0.240 e. The van der Waals surface area contributed by atoms with Crippen LogP contribution in [-0.4, -0.2) is 34.0 Å². The van der Waals surface area contributed by atoms with Gasteiger partial charge in [0.05, 0.1) is 4.90 Å². The summed E-state index contributed by atoms with van der Waals surface area (Å²) in [5, 5.41) is 0.499. The van der Waals surface area contributed by atoms with Crippen molar-refractivity contribution >= 4 is 27.4 Å². The van der Waals surface area contributed by atoms with Gasteiger partial charge in [0.1, 0.15) is 0 Å². The van der Waals surface area contributed by atoms with Gasteiger partial charge in [-0.3, -0.25) is 4.79 Å². The summed E-state index contributed by atoms with van der Waals surface area (Å²) in [6, 6.07) is 12.0. The highest BCUT2D eigenvalue weighted by Crippen LogP contribution is 2.28. The van der Waals surface area contributed by atoms with E-state index in [2.05, 4.69) is 4.72 Å². The summed E-state index contributed by atoms with van der Waals surface area (Å²) in [6.45, 7) is 3.56. The van der Waals surface area contributed by atoms with Crippen molar-refractivity contribution in [3.63, 3.8) is 0 Å². The Morgan fingerprint density at radius 1 is 1.14 bits per heavy atom. The molecule has 2 aromatic rings. The second-order valence-electron chi connectivity index (χ2n) is 7.29. The molecule has 0 radical (unpaired) electrons. The predicted octanol–water partition coefficient (Wildman–Crippen LogP) is 4.03. The Morgan fingerprint density at radius 2 is 1.86 bits per heavy atom. The minimum atomic E-state index is -3.56. The molecular weight excluding hydrogens is 410 g/mol.